The number of carbonyl (C=O) groups excluding carboxylic acids is 2. The second-order valence-corrected chi connectivity index (χ2v) is 4.23. The minimum absolute atomic E-state index is 0.0305. The summed E-state index contributed by atoms with van der Waals surface area (Å²) in [5.41, 5.74) is 0.823. The summed E-state index contributed by atoms with van der Waals surface area (Å²) in [5.74, 6) is -0.779. The topological polar surface area (TPSA) is 40.6 Å². The lowest BCUT2D eigenvalue weighted by molar-refractivity contribution is -0.140. The molecule has 1 aliphatic rings. The van der Waals surface area contributed by atoms with Crippen LogP contribution < -0.4 is 5.01 Å². The Kier molecular flexibility index (Phi) is 3.33. The number of hydrogen-bond acceptors (Lipinski definition) is 3. The van der Waals surface area contributed by atoms with Crippen molar-refractivity contribution in [1.29, 1.82) is 0 Å². The zero-order valence-corrected chi connectivity index (χ0v) is 10.2. The number of hydrogen-bond donors (Lipinski definition) is 0. The number of hydrazine groups is 1. The minimum Gasteiger partial charge on any atom is -0.273 e. The fourth-order valence-electron chi connectivity index (χ4n) is 2.01. The molecule has 0 radical (unpaired) electrons. The molecule has 0 bridgehead atoms. The Balaban J connectivity index is 2.36. The predicted octanol–water partition coefficient (Wildman–Crippen LogP) is 1.79. The van der Waals surface area contributed by atoms with Crippen LogP contribution in [0.25, 0.3) is 0 Å². The number of amides is 2. The molecule has 0 N–H and O–H groups in total. The van der Waals surface area contributed by atoms with Gasteiger partial charge in [-0.3, -0.25) is 14.6 Å². The van der Waals surface area contributed by atoms with Gasteiger partial charge in [-0.05, 0) is 19.1 Å². The average Bonchev–Trinajstić information content (AvgIpc) is 2.64. The van der Waals surface area contributed by atoms with E-state index < -0.39 is 0 Å². The molecule has 2 rings (SSSR count). The van der Waals surface area contributed by atoms with Crippen LogP contribution in [-0.2, 0) is 9.59 Å². The molecular formula is C12H13ClN2O2. The molecule has 0 aromatic heterocycles. The van der Waals surface area contributed by atoms with Gasteiger partial charge in [0, 0.05) is 0 Å². The highest BCUT2D eigenvalue weighted by Gasteiger charge is 2.38. The summed E-state index contributed by atoms with van der Waals surface area (Å²) < 4.78 is 0. The number of rotatable bonds is 2. The van der Waals surface area contributed by atoms with Gasteiger partial charge in [-0.15, -0.1) is 11.6 Å². The van der Waals surface area contributed by atoms with Gasteiger partial charge in [0.1, 0.15) is 5.88 Å². The first-order valence-electron chi connectivity index (χ1n) is 5.41. The standard InChI is InChI=1S/C12H13ClN2O2/c1-9-7-11(16)15(12(17)8-13)14(9)10-5-3-2-4-6-10/h2-6,9H,7-8H2,1H3. The molecular weight excluding hydrogens is 240 g/mol. The first-order chi connectivity index (χ1) is 8.15. The normalized spacial score (nSPS) is 19.9. The Hall–Kier alpha value is -1.55. The molecule has 1 atom stereocenters. The van der Waals surface area contributed by atoms with E-state index in [2.05, 4.69) is 0 Å². The summed E-state index contributed by atoms with van der Waals surface area (Å²) >= 11 is 5.53. The number of anilines is 1. The third-order valence-electron chi connectivity index (χ3n) is 2.71. The van der Waals surface area contributed by atoms with Gasteiger partial charge >= 0.3 is 0 Å². The van der Waals surface area contributed by atoms with Crippen molar-refractivity contribution in [2.75, 3.05) is 10.9 Å². The summed E-state index contributed by atoms with van der Waals surface area (Å²) in [5, 5.41) is 2.85. The van der Waals surface area contributed by atoms with E-state index in [1.807, 2.05) is 37.3 Å². The number of imide groups is 1. The van der Waals surface area contributed by atoms with Crippen LogP contribution in [0.1, 0.15) is 13.3 Å². The van der Waals surface area contributed by atoms with Crippen LogP contribution in [-0.4, -0.2) is 28.7 Å². The lowest BCUT2D eigenvalue weighted by Gasteiger charge is -2.30. The van der Waals surface area contributed by atoms with E-state index in [1.165, 1.54) is 0 Å². The van der Waals surface area contributed by atoms with Crippen molar-refractivity contribution in [3.05, 3.63) is 30.3 Å². The molecule has 2 amide bonds. The van der Waals surface area contributed by atoms with Crippen molar-refractivity contribution >= 4 is 29.1 Å². The Morgan fingerprint density at radius 2 is 2.06 bits per heavy atom. The number of alkyl halides is 1. The number of benzene rings is 1. The Labute approximate surface area is 105 Å². The van der Waals surface area contributed by atoms with Crippen molar-refractivity contribution in [3.63, 3.8) is 0 Å². The van der Waals surface area contributed by atoms with E-state index in [1.54, 1.807) is 5.01 Å². The maximum absolute atomic E-state index is 11.8. The zero-order chi connectivity index (χ0) is 12.4. The number of halogens is 1. The van der Waals surface area contributed by atoms with Crippen LogP contribution in [0.2, 0.25) is 0 Å². The molecule has 1 heterocycles. The smallest absolute Gasteiger partial charge is 0.263 e. The lowest BCUT2D eigenvalue weighted by atomic mass is 10.2. The Morgan fingerprint density at radius 3 is 2.65 bits per heavy atom. The number of carbonyl (C=O) groups is 2. The summed E-state index contributed by atoms with van der Waals surface area (Å²) in [6, 6.07) is 9.33. The first-order valence-corrected chi connectivity index (χ1v) is 5.94. The molecule has 1 aliphatic heterocycles. The second kappa shape index (κ2) is 4.75. The zero-order valence-electron chi connectivity index (χ0n) is 9.47. The van der Waals surface area contributed by atoms with Gasteiger partial charge in [0.2, 0.25) is 5.91 Å². The molecule has 1 fully saturated rings. The fourth-order valence-corrected chi connectivity index (χ4v) is 2.12. The maximum Gasteiger partial charge on any atom is 0.263 e. The van der Waals surface area contributed by atoms with Gasteiger partial charge in [0.25, 0.3) is 5.91 Å². The van der Waals surface area contributed by atoms with E-state index in [0.717, 1.165) is 10.7 Å². The van der Waals surface area contributed by atoms with Gasteiger partial charge < -0.3 is 0 Å². The molecule has 0 saturated carbocycles. The van der Waals surface area contributed by atoms with E-state index in [4.69, 9.17) is 11.6 Å². The molecule has 0 aliphatic carbocycles. The molecule has 1 aromatic carbocycles. The second-order valence-electron chi connectivity index (χ2n) is 3.97. The third-order valence-corrected chi connectivity index (χ3v) is 2.94. The van der Waals surface area contributed by atoms with E-state index in [-0.39, 0.29) is 23.7 Å². The van der Waals surface area contributed by atoms with Crippen molar-refractivity contribution in [3.8, 4) is 0 Å². The molecule has 5 heteroatoms. The van der Waals surface area contributed by atoms with Crippen molar-refractivity contribution in [2.45, 2.75) is 19.4 Å². The van der Waals surface area contributed by atoms with E-state index in [9.17, 15) is 9.59 Å². The molecule has 1 aromatic rings. The lowest BCUT2D eigenvalue weighted by Crippen LogP contribution is -2.46. The largest absolute Gasteiger partial charge is 0.273 e. The quantitative estimate of drug-likeness (QED) is 0.754. The Bertz CT molecular complexity index is 427. The highest BCUT2D eigenvalue weighted by molar-refractivity contribution is 6.28. The molecule has 90 valence electrons. The summed E-state index contributed by atoms with van der Waals surface area (Å²) in [4.78, 5) is 23.5. The van der Waals surface area contributed by atoms with Crippen LogP contribution in [0.4, 0.5) is 5.69 Å². The van der Waals surface area contributed by atoms with E-state index in [0.29, 0.717) is 6.42 Å². The fraction of sp³-hybridized carbons (Fsp3) is 0.333. The van der Waals surface area contributed by atoms with Crippen molar-refractivity contribution in [1.82, 2.24) is 5.01 Å². The van der Waals surface area contributed by atoms with Crippen molar-refractivity contribution in [2.24, 2.45) is 0 Å². The third kappa shape index (κ3) is 2.13. The summed E-state index contributed by atoms with van der Waals surface area (Å²) in [6.07, 6.45) is 0.331. The minimum atomic E-state index is -0.384. The van der Waals surface area contributed by atoms with Gasteiger partial charge in [0.05, 0.1) is 18.2 Å². The summed E-state index contributed by atoms with van der Waals surface area (Å²) in [6.45, 7) is 1.91. The molecule has 1 saturated heterocycles. The van der Waals surface area contributed by atoms with Crippen LogP contribution in [0.3, 0.4) is 0 Å². The van der Waals surface area contributed by atoms with Crippen LogP contribution in [0, 0.1) is 0 Å². The van der Waals surface area contributed by atoms with Crippen molar-refractivity contribution < 1.29 is 9.59 Å². The van der Waals surface area contributed by atoms with Gasteiger partial charge in [-0.2, -0.15) is 5.01 Å². The molecule has 0 spiro atoms. The molecule has 1 unspecified atom stereocenters. The number of nitrogens with zero attached hydrogens (tertiary/aromatic N) is 2. The van der Waals surface area contributed by atoms with Crippen LogP contribution in [0.5, 0.6) is 0 Å². The molecule has 17 heavy (non-hydrogen) atoms. The predicted molar refractivity (Wildman–Crippen MR) is 65.6 cm³/mol. The van der Waals surface area contributed by atoms with E-state index >= 15 is 0 Å². The van der Waals surface area contributed by atoms with Crippen LogP contribution in [0.15, 0.2) is 30.3 Å². The van der Waals surface area contributed by atoms with Crippen LogP contribution >= 0.6 is 11.6 Å². The number of para-hydroxylation sites is 1. The van der Waals surface area contributed by atoms with Gasteiger partial charge in [-0.25, -0.2) is 0 Å². The van der Waals surface area contributed by atoms with Gasteiger partial charge in [-0.1, -0.05) is 18.2 Å². The SMILES string of the molecule is CC1CC(=O)N(C(=O)CCl)N1c1ccccc1. The average molecular weight is 253 g/mol. The first kappa shape index (κ1) is 11.9. The highest BCUT2D eigenvalue weighted by Crippen LogP contribution is 2.27. The highest BCUT2D eigenvalue weighted by atomic mass is 35.5. The molecule has 4 nitrogen and oxygen atoms in total. The Morgan fingerprint density at radius 1 is 1.41 bits per heavy atom. The van der Waals surface area contributed by atoms with Gasteiger partial charge in [0.15, 0.2) is 0 Å². The summed E-state index contributed by atoms with van der Waals surface area (Å²) in [7, 11) is 0. The monoisotopic (exact) mass is 252 g/mol. The maximum atomic E-state index is 11.8.